The van der Waals surface area contributed by atoms with E-state index < -0.39 is 20.9 Å². The third-order valence-corrected chi connectivity index (χ3v) is 3.55. The van der Waals surface area contributed by atoms with Gasteiger partial charge in [-0.2, -0.15) is 5.10 Å². The molecule has 0 unspecified atom stereocenters. The van der Waals surface area contributed by atoms with Gasteiger partial charge < -0.3 is 9.66 Å². The van der Waals surface area contributed by atoms with Gasteiger partial charge >= 0.3 is 59.1 Å². The van der Waals surface area contributed by atoms with E-state index in [4.69, 9.17) is 11.6 Å². The van der Waals surface area contributed by atoms with Gasteiger partial charge in [-0.1, -0.05) is 11.6 Å². The van der Waals surface area contributed by atoms with Gasteiger partial charge in [0, 0.05) is 0 Å². The van der Waals surface area contributed by atoms with Crippen LogP contribution >= 0.6 is 11.6 Å². The van der Waals surface area contributed by atoms with E-state index >= 15 is 0 Å². The van der Waals surface area contributed by atoms with Crippen LogP contribution in [-0.4, -0.2) is 22.8 Å². The molecule has 1 heterocycles. The molecule has 0 N–H and O–H groups in total. The van der Waals surface area contributed by atoms with E-state index in [0.717, 1.165) is 10.7 Å². The standard InChI is InChI=1S/C10H9ClN2O4S.2Na/c1-6-4-10(14)13(12-6)7-2-3-8(11)9(5-7)18(15,16)17;;/h2-5,14H,1H3,(H,15,16,17);;/q;2*+1/p-2. The zero-order chi connectivity index (χ0) is 13.5. The second-order valence-corrected chi connectivity index (χ2v) is 5.36. The molecular formula is C10H7ClN2Na2O4S. The molecule has 0 bridgehead atoms. The van der Waals surface area contributed by atoms with E-state index in [9.17, 15) is 18.1 Å². The van der Waals surface area contributed by atoms with Gasteiger partial charge in [0.1, 0.15) is 10.1 Å². The van der Waals surface area contributed by atoms with Crippen LogP contribution in [0.25, 0.3) is 5.69 Å². The first-order valence-corrected chi connectivity index (χ1v) is 6.57. The summed E-state index contributed by atoms with van der Waals surface area (Å²) in [6.45, 7) is 1.62. The van der Waals surface area contributed by atoms with E-state index in [1.807, 2.05) is 0 Å². The number of aryl methyl sites for hydroxylation is 1. The Morgan fingerprint density at radius 3 is 2.30 bits per heavy atom. The zero-order valence-electron chi connectivity index (χ0n) is 11.1. The molecule has 0 aliphatic heterocycles. The van der Waals surface area contributed by atoms with Crippen LogP contribution in [0.3, 0.4) is 0 Å². The SMILES string of the molecule is Cc1cc([O-])n(-c2ccc(Cl)c(S(=O)(=O)[O-])c2)n1.[Na+].[Na+]. The number of hydrogen-bond donors (Lipinski definition) is 0. The monoisotopic (exact) mass is 332 g/mol. The average molecular weight is 333 g/mol. The Morgan fingerprint density at radius 1 is 1.25 bits per heavy atom. The minimum atomic E-state index is -4.70. The van der Waals surface area contributed by atoms with Gasteiger partial charge in [-0.15, -0.1) is 0 Å². The molecule has 10 heteroatoms. The van der Waals surface area contributed by atoms with Gasteiger partial charge in [0.15, 0.2) is 0 Å². The first-order valence-electron chi connectivity index (χ1n) is 4.78. The van der Waals surface area contributed by atoms with Crippen molar-refractivity contribution in [1.29, 1.82) is 0 Å². The van der Waals surface area contributed by atoms with Crippen molar-refractivity contribution in [3.05, 3.63) is 35.0 Å². The van der Waals surface area contributed by atoms with Crippen molar-refractivity contribution in [2.45, 2.75) is 11.8 Å². The fourth-order valence-electron chi connectivity index (χ4n) is 1.48. The summed E-state index contributed by atoms with van der Waals surface area (Å²) in [7, 11) is -4.70. The summed E-state index contributed by atoms with van der Waals surface area (Å²) in [5, 5.41) is 15.2. The molecule has 0 aliphatic rings. The summed E-state index contributed by atoms with van der Waals surface area (Å²) < 4.78 is 33.9. The molecule has 6 nitrogen and oxygen atoms in total. The molecule has 0 amide bonds. The summed E-state index contributed by atoms with van der Waals surface area (Å²) in [6.07, 6.45) is 0. The molecule has 0 saturated heterocycles. The fraction of sp³-hybridized carbons (Fsp3) is 0.100. The number of nitrogens with zero attached hydrogens (tertiary/aromatic N) is 2. The van der Waals surface area contributed by atoms with Crippen LogP contribution in [0.4, 0.5) is 0 Å². The first kappa shape index (κ1) is 20.4. The molecule has 2 aromatic rings. The number of benzene rings is 1. The Kier molecular flexibility index (Phi) is 7.78. The van der Waals surface area contributed by atoms with E-state index in [0.29, 0.717) is 5.69 Å². The maximum atomic E-state index is 11.5. The molecule has 20 heavy (non-hydrogen) atoms. The third-order valence-electron chi connectivity index (χ3n) is 2.23. The molecule has 96 valence electrons. The molecule has 0 atom stereocenters. The predicted octanol–water partition coefficient (Wildman–Crippen LogP) is -5.18. The molecule has 0 radical (unpaired) electrons. The molecule has 2 rings (SSSR count). The first-order chi connectivity index (χ1) is 8.29. The van der Waals surface area contributed by atoms with Crippen LogP contribution in [0.5, 0.6) is 5.88 Å². The van der Waals surface area contributed by atoms with Crippen molar-refractivity contribution >= 4 is 21.7 Å². The quantitative estimate of drug-likeness (QED) is 0.404. The van der Waals surface area contributed by atoms with E-state index in [2.05, 4.69) is 5.10 Å². The smallest absolute Gasteiger partial charge is 0.859 e. The van der Waals surface area contributed by atoms with Crippen molar-refractivity contribution in [3.8, 4) is 11.6 Å². The van der Waals surface area contributed by atoms with Gasteiger partial charge in [0.05, 0.1) is 21.3 Å². The Labute approximate surface area is 165 Å². The van der Waals surface area contributed by atoms with Gasteiger partial charge in [0.25, 0.3) is 0 Å². The molecular weight excluding hydrogens is 326 g/mol. The fourth-order valence-corrected chi connectivity index (χ4v) is 2.45. The van der Waals surface area contributed by atoms with E-state index in [1.165, 1.54) is 18.2 Å². The largest absolute Gasteiger partial charge is 1.00 e. The Morgan fingerprint density at radius 2 is 1.85 bits per heavy atom. The van der Waals surface area contributed by atoms with Gasteiger partial charge in [0.2, 0.25) is 0 Å². The molecule has 1 aromatic carbocycles. The second-order valence-electron chi connectivity index (χ2n) is 3.60. The maximum absolute atomic E-state index is 11.5. The van der Waals surface area contributed by atoms with Crippen LogP contribution in [0.2, 0.25) is 5.02 Å². The van der Waals surface area contributed by atoms with E-state index in [1.54, 1.807) is 6.92 Å². The van der Waals surface area contributed by atoms with E-state index in [-0.39, 0.29) is 69.8 Å². The Balaban J connectivity index is 0.00000180. The number of halogens is 1. The molecule has 0 fully saturated rings. The van der Waals surface area contributed by atoms with Crippen LogP contribution in [0.15, 0.2) is 29.2 Å². The summed E-state index contributed by atoms with van der Waals surface area (Å²) >= 11 is 5.63. The normalized spacial score (nSPS) is 10.6. The summed E-state index contributed by atoms with van der Waals surface area (Å²) in [5.74, 6) is -0.413. The van der Waals surface area contributed by atoms with Crippen LogP contribution in [-0.2, 0) is 10.1 Å². The minimum absolute atomic E-state index is 0. The van der Waals surface area contributed by atoms with Crippen molar-refractivity contribution < 1.29 is 77.2 Å². The number of aromatic nitrogens is 2. The summed E-state index contributed by atoms with van der Waals surface area (Å²) in [4.78, 5) is -0.575. The Bertz CT molecular complexity index is 718. The van der Waals surface area contributed by atoms with Crippen molar-refractivity contribution in [3.63, 3.8) is 0 Å². The Hall–Kier alpha value is 0.430. The summed E-state index contributed by atoms with van der Waals surface area (Å²) in [5.41, 5.74) is 0.661. The van der Waals surface area contributed by atoms with Gasteiger partial charge in [-0.25, -0.2) is 13.1 Å². The maximum Gasteiger partial charge on any atom is 1.00 e. The molecule has 1 aromatic heterocycles. The average Bonchev–Trinajstić information content (AvgIpc) is 2.57. The topological polar surface area (TPSA) is 98.1 Å². The van der Waals surface area contributed by atoms with Crippen LogP contribution in [0, 0.1) is 6.92 Å². The minimum Gasteiger partial charge on any atom is -0.859 e. The number of rotatable bonds is 2. The second kappa shape index (κ2) is 7.62. The number of hydrogen-bond acceptors (Lipinski definition) is 5. The van der Waals surface area contributed by atoms with Crippen LogP contribution < -0.4 is 64.2 Å². The van der Waals surface area contributed by atoms with Gasteiger partial charge in [-0.3, -0.25) is 0 Å². The van der Waals surface area contributed by atoms with Crippen molar-refractivity contribution in [2.24, 2.45) is 0 Å². The van der Waals surface area contributed by atoms with Gasteiger partial charge in [-0.05, 0) is 37.1 Å². The molecule has 0 saturated carbocycles. The summed E-state index contributed by atoms with van der Waals surface area (Å²) in [6, 6.07) is 4.96. The van der Waals surface area contributed by atoms with Crippen molar-refractivity contribution in [2.75, 3.05) is 0 Å². The molecule has 0 aliphatic carbocycles. The zero-order valence-corrected chi connectivity index (χ0v) is 16.7. The molecule has 0 spiro atoms. The third kappa shape index (κ3) is 4.46. The van der Waals surface area contributed by atoms with Crippen LogP contribution in [0.1, 0.15) is 5.69 Å². The van der Waals surface area contributed by atoms with Crippen molar-refractivity contribution in [1.82, 2.24) is 9.78 Å². The predicted molar refractivity (Wildman–Crippen MR) is 60.7 cm³/mol.